The highest BCUT2D eigenvalue weighted by Crippen LogP contribution is 2.22. The minimum atomic E-state index is 0.212. The van der Waals surface area contributed by atoms with Crippen molar-refractivity contribution in [2.24, 2.45) is 5.92 Å². The molecular weight excluding hydrogens is 222 g/mol. The normalized spacial score (nSPS) is 14.6. The van der Waals surface area contributed by atoms with Gasteiger partial charge in [0.05, 0.1) is 6.54 Å². The summed E-state index contributed by atoms with van der Waals surface area (Å²) in [7, 11) is 0. The summed E-state index contributed by atoms with van der Waals surface area (Å²) >= 11 is 0. The fourth-order valence-electron chi connectivity index (χ4n) is 2.48. The van der Waals surface area contributed by atoms with E-state index >= 15 is 0 Å². The lowest BCUT2D eigenvalue weighted by Crippen LogP contribution is -2.26. The molecule has 0 unspecified atom stereocenters. The van der Waals surface area contributed by atoms with Crippen molar-refractivity contribution in [1.82, 2.24) is 5.32 Å². The number of carbonyl (C=O) groups is 1. The molecule has 0 spiro atoms. The predicted octanol–water partition coefficient (Wildman–Crippen LogP) is 2.99. The van der Waals surface area contributed by atoms with Crippen molar-refractivity contribution in [3.8, 4) is 0 Å². The second kappa shape index (κ2) is 6.14. The SMILES string of the molecule is CC(C)CNCC(=O)c1ccc2c(c1)CCCC2. The van der Waals surface area contributed by atoms with Crippen LogP contribution in [-0.4, -0.2) is 18.9 Å². The summed E-state index contributed by atoms with van der Waals surface area (Å²) in [5.41, 5.74) is 3.69. The molecule has 0 fully saturated rings. The molecule has 0 aromatic heterocycles. The van der Waals surface area contributed by atoms with Crippen LogP contribution >= 0.6 is 0 Å². The molecule has 0 saturated carbocycles. The van der Waals surface area contributed by atoms with Crippen molar-refractivity contribution in [3.05, 3.63) is 34.9 Å². The molecule has 1 aromatic rings. The molecule has 0 saturated heterocycles. The van der Waals surface area contributed by atoms with Gasteiger partial charge in [0.15, 0.2) is 5.78 Å². The van der Waals surface area contributed by atoms with Crippen LogP contribution in [0.25, 0.3) is 0 Å². The first-order valence-corrected chi connectivity index (χ1v) is 7.02. The third-order valence-corrected chi connectivity index (χ3v) is 3.51. The van der Waals surface area contributed by atoms with E-state index in [0.717, 1.165) is 18.5 Å². The monoisotopic (exact) mass is 245 g/mol. The minimum absolute atomic E-state index is 0.212. The van der Waals surface area contributed by atoms with Gasteiger partial charge in [-0.25, -0.2) is 0 Å². The largest absolute Gasteiger partial charge is 0.309 e. The fraction of sp³-hybridized carbons (Fsp3) is 0.562. The average Bonchev–Trinajstić information content (AvgIpc) is 2.37. The standard InChI is InChI=1S/C16H23NO/c1-12(2)10-17-11-16(18)15-8-7-13-5-3-4-6-14(13)9-15/h7-9,12,17H,3-6,10-11H2,1-2H3. The van der Waals surface area contributed by atoms with E-state index in [2.05, 4.69) is 31.3 Å². The number of fused-ring (bicyclic) bond motifs is 1. The molecule has 1 N–H and O–H groups in total. The van der Waals surface area contributed by atoms with E-state index in [1.807, 2.05) is 6.07 Å². The van der Waals surface area contributed by atoms with E-state index in [0.29, 0.717) is 12.5 Å². The van der Waals surface area contributed by atoms with Crippen LogP contribution in [-0.2, 0) is 12.8 Å². The highest BCUT2D eigenvalue weighted by atomic mass is 16.1. The van der Waals surface area contributed by atoms with Crippen LogP contribution in [0.5, 0.6) is 0 Å². The molecular formula is C16H23NO. The lowest BCUT2D eigenvalue weighted by molar-refractivity contribution is 0.0990. The Labute approximate surface area is 110 Å². The molecule has 0 heterocycles. The Kier molecular flexibility index (Phi) is 4.54. The lowest BCUT2D eigenvalue weighted by Gasteiger charge is -2.16. The number of ketones is 1. The zero-order valence-corrected chi connectivity index (χ0v) is 11.5. The van der Waals surface area contributed by atoms with Gasteiger partial charge in [0.2, 0.25) is 0 Å². The average molecular weight is 245 g/mol. The van der Waals surface area contributed by atoms with E-state index in [1.165, 1.54) is 30.4 Å². The molecule has 0 bridgehead atoms. The van der Waals surface area contributed by atoms with E-state index in [4.69, 9.17) is 0 Å². The Hall–Kier alpha value is -1.15. The molecule has 2 heteroatoms. The second-order valence-electron chi connectivity index (χ2n) is 5.64. The predicted molar refractivity (Wildman–Crippen MR) is 75.1 cm³/mol. The van der Waals surface area contributed by atoms with E-state index < -0.39 is 0 Å². The van der Waals surface area contributed by atoms with Gasteiger partial charge in [-0.05, 0) is 55.3 Å². The summed E-state index contributed by atoms with van der Waals surface area (Å²) in [6.07, 6.45) is 4.86. The topological polar surface area (TPSA) is 29.1 Å². The van der Waals surface area contributed by atoms with Crippen LogP contribution in [0.2, 0.25) is 0 Å². The van der Waals surface area contributed by atoms with Gasteiger partial charge in [0.1, 0.15) is 0 Å². The number of carbonyl (C=O) groups excluding carboxylic acids is 1. The number of benzene rings is 1. The first-order valence-electron chi connectivity index (χ1n) is 7.02. The number of nitrogens with one attached hydrogen (secondary N) is 1. The van der Waals surface area contributed by atoms with Crippen LogP contribution in [0.1, 0.15) is 48.2 Å². The van der Waals surface area contributed by atoms with Gasteiger partial charge in [-0.3, -0.25) is 4.79 Å². The highest BCUT2D eigenvalue weighted by molar-refractivity contribution is 5.97. The zero-order valence-electron chi connectivity index (χ0n) is 11.5. The van der Waals surface area contributed by atoms with Gasteiger partial charge in [0, 0.05) is 5.56 Å². The fourth-order valence-corrected chi connectivity index (χ4v) is 2.48. The Morgan fingerprint density at radius 1 is 1.22 bits per heavy atom. The quantitative estimate of drug-likeness (QED) is 0.808. The summed E-state index contributed by atoms with van der Waals surface area (Å²) in [6, 6.07) is 6.24. The summed E-state index contributed by atoms with van der Waals surface area (Å²) < 4.78 is 0. The Balaban J connectivity index is 1.98. The van der Waals surface area contributed by atoms with E-state index in [9.17, 15) is 4.79 Å². The lowest BCUT2D eigenvalue weighted by atomic mass is 9.90. The van der Waals surface area contributed by atoms with E-state index in [-0.39, 0.29) is 5.78 Å². The Morgan fingerprint density at radius 2 is 1.94 bits per heavy atom. The van der Waals surface area contributed by atoms with Gasteiger partial charge in [-0.15, -0.1) is 0 Å². The van der Waals surface area contributed by atoms with Gasteiger partial charge >= 0.3 is 0 Å². The van der Waals surface area contributed by atoms with Gasteiger partial charge < -0.3 is 5.32 Å². The van der Waals surface area contributed by atoms with Gasteiger partial charge in [-0.1, -0.05) is 26.0 Å². The van der Waals surface area contributed by atoms with Crippen LogP contribution in [0, 0.1) is 5.92 Å². The maximum atomic E-state index is 12.0. The molecule has 2 rings (SSSR count). The molecule has 1 aliphatic carbocycles. The maximum absolute atomic E-state index is 12.0. The summed E-state index contributed by atoms with van der Waals surface area (Å²) in [4.78, 5) is 12.0. The molecule has 0 atom stereocenters. The number of hydrogen-bond donors (Lipinski definition) is 1. The van der Waals surface area contributed by atoms with Crippen LogP contribution in [0.15, 0.2) is 18.2 Å². The smallest absolute Gasteiger partial charge is 0.176 e. The maximum Gasteiger partial charge on any atom is 0.176 e. The van der Waals surface area contributed by atoms with Crippen molar-refractivity contribution < 1.29 is 4.79 Å². The first kappa shape index (κ1) is 13.3. The number of aryl methyl sites for hydroxylation is 2. The summed E-state index contributed by atoms with van der Waals surface area (Å²) in [6.45, 7) is 5.65. The Morgan fingerprint density at radius 3 is 2.67 bits per heavy atom. The third kappa shape index (κ3) is 3.42. The highest BCUT2D eigenvalue weighted by Gasteiger charge is 2.12. The van der Waals surface area contributed by atoms with Crippen molar-refractivity contribution >= 4 is 5.78 Å². The van der Waals surface area contributed by atoms with Crippen molar-refractivity contribution in [2.75, 3.05) is 13.1 Å². The van der Waals surface area contributed by atoms with Crippen molar-refractivity contribution in [1.29, 1.82) is 0 Å². The second-order valence-corrected chi connectivity index (χ2v) is 5.64. The zero-order chi connectivity index (χ0) is 13.0. The van der Waals surface area contributed by atoms with E-state index in [1.54, 1.807) is 0 Å². The van der Waals surface area contributed by atoms with Crippen LogP contribution in [0.4, 0.5) is 0 Å². The molecule has 0 radical (unpaired) electrons. The van der Waals surface area contributed by atoms with Crippen LogP contribution < -0.4 is 5.32 Å². The number of rotatable bonds is 5. The number of hydrogen-bond acceptors (Lipinski definition) is 2. The molecule has 98 valence electrons. The third-order valence-electron chi connectivity index (χ3n) is 3.51. The minimum Gasteiger partial charge on any atom is -0.309 e. The van der Waals surface area contributed by atoms with Gasteiger partial charge in [-0.2, -0.15) is 0 Å². The van der Waals surface area contributed by atoms with Gasteiger partial charge in [0.25, 0.3) is 0 Å². The summed E-state index contributed by atoms with van der Waals surface area (Å²) in [5.74, 6) is 0.797. The number of Topliss-reactive ketones (excluding diaryl/α,β-unsaturated/α-hetero) is 1. The first-order chi connectivity index (χ1) is 8.66. The molecule has 2 nitrogen and oxygen atoms in total. The molecule has 1 aliphatic rings. The molecule has 0 aliphatic heterocycles. The molecule has 1 aromatic carbocycles. The van der Waals surface area contributed by atoms with Crippen LogP contribution in [0.3, 0.4) is 0 Å². The summed E-state index contributed by atoms with van der Waals surface area (Å²) in [5, 5.41) is 3.21. The van der Waals surface area contributed by atoms with Crippen molar-refractivity contribution in [3.63, 3.8) is 0 Å². The molecule has 18 heavy (non-hydrogen) atoms. The molecule has 0 amide bonds. The Bertz CT molecular complexity index is 423. The van der Waals surface area contributed by atoms with Crippen molar-refractivity contribution in [2.45, 2.75) is 39.5 Å².